The Balaban J connectivity index is 2.87. The van der Waals surface area contributed by atoms with Crippen molar-refractivity contribution in [3.8, 4) is 6.07 Å². The van der Waals surface area contributed by atoms with Gasteiger partial charge in [0.05, 0.1) is 11.0 Å². The minimum Gasteiger partial charge on any atom is -0.295 e. The molecule has 0 saturated heterocycles. The minimum atomic E-state index is -0.363. The molecule has 0 aliphatic heterocycles. The van der Waals surface area contributed by atoms with Crippen LogP contribution in [0.5, 0.6) is 0 Å². The molecule has 96 valence electrons. The summed E-state index contributed by atoms with van der Waals surface area (Å²) in [6, 6.07) is 9.08. The molecule has 0 radical (unpaired) electrons. The molecule has 1 rings (SSSR count). The zero-order valence-corrected chi connectivity index (χ0v) is 10.7. The highest BCUT2D eigenvalue weighted by Gasteiger charge is 2.17. The average Bonchev–Trinajstić information content (AvgIpc) is 2.34. The van der Waals surface area contributed by atoms with Crippen molar-refractivity contribution in [2.75, 3.05) is 6.54 Å². The molecule has 0 amide bonds. The fourth-order valence-electron chi connectivity index (χ4n) is 1.75. The van der Waals surface area contributed by atoms with Gasteiger partial charge in [0, 0.05) is 37.2 Å². The molecule has 5 nitrogen and oxygen atoms in total. The Hall–Kier alpha value is -1.93. The van der Waals surface area contributed by atoms with Crippen LogP contribution in [0.2, 0.25) is 0 Å². The Morgan fingerprint density at radius 3 is 2.67 bits per heavy atom. The van der Waals surface area contributed by atoms with Crippen LogP contribution in [0, 0.1) is 21.4 Å². The molecule has 1 aromatic rings. The largest absolute Gasteiger partial charge is 0.295 e. The summed E-state index contributed by atoms with van der Waals surface area (Å²) in [7, 11) is 0. The zero-order valence-electron chi connectivity index (χ0n) is 10.7. The van der Waals surface area contributed by atoms with Gasteiger partial charge in [-0.15, -0.1) is 0 Å². The van der Waals surface area contributed by atoms with Crippen LogP contribution in [0.3, 0.4) is 0 Å². The second-order valence-electron chi connectivity index (χ2n) is 4.36. The highest BCUT2D eigenvalue weighted by Crippen LogP contribution is 2.20. The highest BCUT2D eigenvalue weighted by atomic mass is 16.6. The van der Waals surface area contributed by atoms with Gasteiger partial charge < -0.3 is 0 Å². The molecule has 5 heteroatoms. The molecule has 0 saturated carbocycles. The van der Waals surface area contributed by atoms with Crippen LogP contribution in [0.1, 0.15) is 25.8 Å². The van der Waals surface area contributed by atoms with E-state index in [2.05, 4.69) is 11.0 Å². The average molecular weight is 247 g/mol. The molecule has 0 aliphatic rings. The van der Waals surface area contributed by atoms with Crippen molar-refractivity contribution in [1.82, 2.24) is 4.90 Å². The Morgan fingerprint density at radius 2 is 2.11 bits per heavy atom. The van der Waals surface area contributed by atoms with Crippen molar-refractivity contribution in [1.29, 1.82) is 5.26 Å². The van der Waals surface area contributed by atoms with Gasteiger partial charge in [0.25, 0.3) is 5.69 Å². The third-order valence-corrected chi connectivity index (χ3v) is 2.80. The summed E-state index contributed by atoms with van der Waals surface area (Å²) in [5.41, 5.74) is 0.828. The summed E-state index contributed by atoms with van der Waals surface area (Å²) >= 11 is 0. The molecule has 18 heavy (non-hydrogen) atoms. The summed E-state index contributed by atoms with van der Waals surface area (Å²) in [5.74, 6) is 0. The normalized spacial score (nSPS) is 10.6. The molecule has 0 unspecified atom stereocenters. The van der Waals surface area contributed by atoms with E-state index in [9.17, 15) is 10.1 Å². The first-order valence-electron chi connectivity index (χ1n) is 5.89. The van der Waals surface area contributed by atoms with Crippen molar-refractivity contribution < 1.29 is 4.92 Å². The molecule has 0 spiro atoms. The molecule has 0 fully saturated rings. The number of hydrogen-bond acceptors (Lipinski definition) is 4. The Labute approximate surface area is 107 Å². The van der Waals surface area contributed by atoms with Crippen molar-refractivity contribution in [2.45, 2.75) is 32.9 Å². The molecule has 0 heterocycles. The lowest BCUT2D eigenvalue weighted by Gasteiger charge is -2.25. The van der Waals surface area contributed by atoms with Gasteiger partial charge in [0.15, 0.2) is 0 Å². The van der Waals surface area contributed by atoms with Crippen LogP contribution < -0.4 is 0 Å². The predicted molar refractivity (Wildman–Crippen MR) is 68.9 cm³/mol. The van der Waals surface area contributed by atoms with Gasteiger partial charge in [-0.25, -0.2) is 0 Å². The summed E-state index contributed by atoms with van der Waals surface area (Å²) < 4.78 is 0. The van der Waals surface area contributed by atoms with Crippen LogP contribution in [0.15, 0.2) is 24.3 Å². The van der Waals surface area contributed by atoms with E-state index >= 15 is 0 Å². The topological polar surface area (TPSA) is 70.2 Å². The second-order valence-corrected chi connectivity index (χ2v) is 4.36. The minimum absolute atomic E-state index is 0.139. The van der Waals surface area contributed by atoms with Gasteiger partial charge in [0.2, 0.25) is 0 Å². The van der Waals surface area contributed by atoms with Crippen LogP contribution in [0.4, 0.5) is 5.69 Å². The molecule has 0 bridgehead atoms. The standard InChI is InChI=1S/C13H17N3O2/c1-11(2)15(9-5-8-14)10-12-6-3-4-7-13(12)16(17)18/h3-4,6-7,11H,5,9-10H2,1-2H3. The molecule has 0 aliphatic carbocycles. The second kappa shape index (κ2) is 6.72. The van der Waals surface area contributed by atoms with E-state index in [4.69, 9.17) is 5.26 Å². The van der Waals surface area contributed by atoms with Crippen LogP contribution >= 0.6 is 0 Å². The summed E-state index contributed by atoms with van der Waals surface area (Å²) in [4.78, 5) is 12.6. The number of nitriles is 1. The number of nitro groups is 1. The van der Waals surface area contributed by atoms with E-state index in [0.717, 1.165) is 0 Å². The van der Waals surface area contributed by atoms with E-state index in [0.29, 0.717) is 25.1 Å². The van der Waals surface area contributed by atoms with Crippen molar-refractivity contribution in [3.63, 3.8) is 0 Å². The lowest BCUT2D eigenvalue weighted by molar-refractivity contribution is -0.385. The SMILES string of the molecule is CC(C)N(CCC#N)Cc1ccccc1[N+](=O)[O-]. The van der Waals surface area contributed by atoms with Crippen molar-refractivity contribution in [2.24, 2.45) is 0 Å². The Morgan fingerprint density at radius 1 is 1.44 bits per heavy atom. The third-order valence-electron chi connectivity index (χ3n) is 2.80. The van der Waals surface area contributed by atoms with E-state index < -0.39 is 0 Å². The summed E-state index contributed by atoms with van der Waals surface area (Å²) in [5, 5.41) is 19.5. The summed E-state index contributed by atoms with van der Waals surface area (Å²) in [6.45, 7) is 5.16. The zero-order chi connectivity index (χ0) is 13.5. The van der Waals surface area contributed by atoms with Crippen LogP contribution in [-0.2, 0) is 6.54 Å². The first kappa shape index (κ1) is 14.1. The van der Waals surface area contributed by atoms with Gasteiger partial charge in [0.1, 0.15) is 0 Å². The molecule has 0 N–H and O–H groups in total. The van der Waals surface area contributed by atoms with Gasteiger partial charge >= 0.3 is 0 Å². The smallest absolute Gasteiger partial charge is 0.273 e. The predicted octanol–water partition coefficient (Wildman–Crippen LogP) is 2.72. The summed E-state index contributed by atoms with van der Waals surface area (Å²) in [6.07, 6.45) is 0.429. The number of nitrogens with zero attached hydrogens (tertiary/aromatic N) is 3. The van der Waals surface area contributed by atoms with E-state index in [1.54, 1.807) is 18.2 Å². The van der Waals surface area contributed by atoms with E-state index in [1.165, 1.54) is 6.07 Å². The Kier molecular flexibility index (Phi) is 5.28. The number of benzene rings is 1. The van der Waals surface area contributed by atoms with Gasteiger partial charge in [-0.2, -0.15) is 5.26 Å². The Bertz CT molecular complexity index is 452. The number of para-hydroxylation sites is 1. The monoisotopic (exact) mass is 247 g/mol. The molecular formula is C13H17N3O2. The molecular weight excluding hydrogens is 230 g/mol. The maximum absolute atomic E-state index is 10.9. The molecule has 0 atom stereocenters. The van der Waals surface area contributed by atoms with Gasteiger partial charge in [-0.05, 0) is 13.8 Å². The lowest BCUT2D eigenvalue weighted by Crippen LogP contribution is -2.31. The van der Waals surface area contributed by atoms with Crippen LogP contribution in [0.25, 0.3) is 0 Å². The van der Waals surface area contributed by atoms with Crippen molar-refractivity contribution >= 4 is 5.69 Å². The van der Waals surface area contributed by atoms with Crippen LogP contribution in [-0.4, -0.2) is 22.4 Å². The molecule has 1 aromatic carbocycles. The van der Waals surface area contributed by atoms with Crippen molar-refractivity contribution in [3.05, 3.63) is 39.9 Å². The number of hydrogen-bond donors (Lipinski definition) is 0. The first-order chi connectivity index (χ1) is 8.56. The van der Waals surface area contributed by atoms with Gasteiger partial charge in [-0.1, -0.05) is 18.2 Å². The van der Waals surface area contributed by atoms with Gasteiger partial charge in [-0.3, -0.25) is 15.0 Å². The third kappa shape index (κ3) is 3.82. The molecule has 0 aromatic heterocycles. The fraction of sp³-hybridized carbons (Fsp3) is 0.462. The van der Waals surface area contributed by atoms with E-state index in [-0.39, 0.29) is 16.7 Å². The first-order valence-corrected chi connectivity index (χ1v) is 5.89. The quantitative estimate of drug-likeness (QED) is 0.572. The highest BCUT2D eigenvalue weighted by molar-refractivity contribution is 5.39. The maximum Gasteiger partial charge on any atom is 0.273 e. The number of rotatable bonds is 6. The maximum atomic E-state index is 10.9. The lowest BCUT2D eigenvalue weighted by atomic mass is 10.1. The number of nitro benzene ring substituents is 1. The van der Waals surface area contributed by atoms with E-state index in [1.807, 2.05) is 13.8 Å². The fourth-order valence-corrected chi connectivity index (χ4v) is 1.75.